The van der Waals surface area contributed by atoms with Gasteiger partial charge in [0.15, 0.2) is 5.75 Å². The van der Waals surface area contributed by atoms with Crippen LogP contribution in [0.4, 0.5) is 5.69 Å². The van der Waals surface area contributed by atoms with E-state index in [-0.39, 0.29) is 23.2 Å². The summed E-state index contributed by atoms with van der Waals surface area (Å²) in [5, 5.41) is -3.59. The Labute approximate surface area is 262 Å². The minimum atomic E-state index is -5.94. The lowest BCUT2D eigenvalue weighted by Gasteiger charge is -2.37. The van der Waals surface area contributed by atoms with Gasteiger partial charge in [-0.05, 0) is 49.4 Å². The number of ether oxygens (including phenoxy) is 2. The molecule has 1 saturated carbocycles. The summed E-state index contributed by atoms with van der Waals surface area (Å²) in [5.74, 6) is -0.883. The molecule has 2 fully saturated rings. The smallest absolute Gasteiger partial charge is 0.381 e. The third kappa shape index (κ3) is 5.56. The number of pyridine rings is 2. The first-order valence-corrected chi connectivity index (χ1v) is 17.9. The van der Waals surface area contributed by atoms with E-state index in [9.17, 15) is 38.3 Å². The maximum atomic E-state index is 13.9. The van der Waals surface area contributed by atoms with Crippen molar-refractivity contribution < 1.29 is 43.0 Å². The molecule has 3 aromatic heterocycles. The molecule has 1 aromatic carbocycles. The Morgan fingerprint density at radius 1 is 1.11 bits per heavy atom. The van der Waals surface area contributed by atoms with Crippen LogP contribution >= 0.6 is 15.2 Å². The van der Waals surface area contributed by atoms with Gasteiger partial charge in [0.25, 0.3) is 0 Å². The number of fused-ring (bicyclic) bond motifs is 2. The fourth-order valence-corrected chi connectivity index (χ4v) is 8.82. The Balaban J connectivity index is 1.48. The van der Waals surface area contributed by atoms with Crippen LogP contribution < -0.4 is 20.8 Å². The molecule has 0 amide bonds. The predicted octanol–water partition coefficient (Wildman–Crippen LogP) is 2.57. The van der Waals surface area contributed by atoms with Crippen molar-refractivity contribution in [3.05, 3.63) is 70.4 Å². The zero-order valence-corrected chi connectivity index (χ0v) is 26.9. The second-order valence-corrected chi connectivity index (χ2v) is 16.1. The van der Waals surface area contributed by atoms with Crippen molar-refractivity contribution in [3.8, 4) is 5.75 Å². The highest BCUT2D eigenvalue weighted by Gasteiger charge is 2.64. The van der Waals surface area contributed by atoms with E-state index in [1.807, 2.05) is 0 Å². The monoisotopic (exact) mass is 675 g/mol. The average molecular weight is 676 g/mol. The number of piperidine rings is 1. The fraction of sp³-hybridized carbons (Fsp3) is 0.414. The summed E-state index contributed by atoms with van der Waals surface area (Å²) in [6, 6.07) is 7.84. The Hall–Kier alpha value is -3.55. The van der Waals surface area contributed by atoms with Crippen molar-refractivity contribution in [1.29, 1.82) is 0 Å². The molecule has 0 unspecified atom stereocenters. The summed E-state index contributed by atoms with van der Waals surface area (Å²) in [7, 11) is -10.4. The maximum Gasteiger partial charge on any atom is 0.381 e. The lowest BCUT2D eigenvalue weighted by molar-refractivity contribution is 0.0235. The third-order valence-electron chi connectivity index (χ3n) is 8.59. The number of imidazole rings is 1. The van der Waals surface area contributed by atoms with Crippen LogP contribution in [0.3, 0.4) is 0 Å². The molecule has 15 nitrogen and oxygen atoms in total. The summed E-state index contributed by atoms with van der Waals surface area (Å²) in [6.45, 7) is 3.39. The molecule has 46 heavy (non-hydrogen) atoms. The lowest BCUT2D eigenvalue weighted by Crippen LogP contribution is -2.46. The van der Waals surface area contributed by atoms with E-state index in [0.717, 1.165) is 12.1 Å². The van der Waals surface area contributed by atoms with Gasteiger partial charge in [0, 0.05) is 49.5 Å². The second kappa shape index (κ2) is 11.6. The molecule has 246 valence electrons. The minimum absolute atomic E-state index is 0.0482. The third-order valence-corrected chi connectivity index (χ3v) is 12.5. The standard InChI is InChI=1S/C29H35N5O10P2/c1-17-11-18(30)15-32(14-17)23-9-8-21-25(27(23)43-2)34(19-6-7-19)16-22(26(21)35)28(36)44-29(45(37,38)39,46(40,41)42)12-20-13-31-24-5-3-4-10-33(20)24/h3-5,8-10,13,16-19H,6-7,11-12,14-15,30H2,1-2H3,(H2,37,38,39)(H2,40,41,42)/t17-,18-/m0/s1. The molecule has 6 N–H and O–H groups in total. The lowest BCUT2D eigenvalue weighted by atomic mass is 9.95. The molecule has 1 saturated heterocycles. The number of nitrogens with zero attached hydrogens (tertiary/aromatic N) is 4. The zero-order valence-electron chi connectivity index (χ0n) is 25.1. The van der Waals surface area contributed by atoms with E-state index in [1.54, 1.807) is 28.8 Å². The number of rotatable bonds is 9. The van der Waals surface area contributed by atoms with Crippen molar-refractivity contribution in [2.75, 3.05) is 25.1 Å². The van der Waals surface area contributed by atoms with Crippen molar-refractivity contribution in [2.24, 2.45) is 11.7 Å². The van der Waals surface area contributed by atoms with Crippen LogP contribution in [0.25, 0.3) is 16.6 Å². The first-order chi connectivity index (χ1) is 21.6. The molecular weight excluding hydrogens is 640 g/mol. The van der Waals surface area contributed by atoms with Crippen molar-refractivity contribution >= 4 is 43.4 Å². The molecule has 2 atom stereocenters. The molecule has 0 spiro atoms. The Morgan fingerprint density at radius 3 is 2.46 bits per heavy atom. The molecule has 17 heteroatoms. The van der Waals surface area contributed by atoms with E-state index in [2.05, 4.69) is 16.8 Å². The van der Waals surface area contributed by atoms with Crippen LogP contribution in [0.15, 0.2) is 53.7 Å². The van der Waals surface area contributed by atoms with E-state index in [0.29, 0.717) is 48.8 Å². The summed E-state index contributed by atoms with van der Waals surface area (Å²) < 4.78 is 39.9. The van der Waals surface area contributed by atoms with Gasteiger partial charge < -0.3 is 48.6 Å². The highest BCUT2D eigenvalue weighted by Crippen LogP contribution is 2.71. The molecule has 6 rings (SSSR count). The van der Waals surface area contributed by atoms with Crippen molar-refractivity contribution in [3.63, 3.8) is 0 Å². The maximum absolute atomic E-state index is 13.9. The summed E-state index contributed by atoms with van der Waals surface area (Å²) in [6.07, 6.45) is 5.05. The molecular formula is C29H35N5O10P2. The van der Waals surface area contributed by atoms with Gasteiger partial charge >= 0.3 is 26.2 Å². The van der Waals surface area contributed by atoms with E-state index < -0.39 is 43.7 Å². The number of methoxy groups -OCH3 is 1. The number of esters is 1. The Bertz CT molecular complexity index is 1960. The van der Waals surface area contributed by atoms with Gasteiger partial charge in [-0.2, -0.15) is 0 Å². The quantitative estimate of drug-likeness (QED) is 0.127. The van der Waals surface area contributed by atoms with Crippen LogP contribution in [0.5, 0.6) is 5.75 Å². The van der Waals surface area contributed by atoms with Crippen LogP contribution in [-0.4, -0.2) is 70.8 Å². The number of anilines is 1. The van der Waals surface area contributed by atoms with Crippen LogP contribution in [0.1, 0.15) is 48.3 Å². The van der Waals surface area contributed by atoms with E-state index in [4.69, 9.17) is 15.2 Å². The van der Waals surface area contributed by atoms with Crippen LogP contribution in [0, 0.1) is 5.92 Å². The zero-order chi connectivity index (χ0) is 33.2. The largest absolute Gasteiger partial charge is 0.492 e. The topological polar surface area (TPSA) is 219 Å². The van der Waals surface area contributed by atoms with Gasteiger partial charge in [-0.15, -0.1) is 0 Å². The number of aromatic nitrogens is 3. The fourth-order valence-electron chi connectivity index (χ4n) is 6.33. The number of hydrogen-bond acceptors (Lipinski definition) is 9. The van der Waals surface area contributed by atoms with Crippen molar-refractivity contribution in [1.82, 2.24) is 14.0 Å². The SMILES string of the molecule is COc1c(N2C[C@@H](C)C[C@H](N)C2)ccc2c(=O)c(C(=O)OC(Cc3cnc4ccccn34)(P(=O)(O)O)P(=O)(O)O)cn(C3CC3)c12. The van der Waals surface area contributed by atoms with Crippen molar-refractivity contribution in [2.45, 2.75) is 49.8 Å². The molecule has 0 bridgehead atoms. The molecule has 1 aliphatic carbocycles. The second-order valence-electron chi connectivity index (χ2n) is 12.1. The number of hydrogen-bond donors (Lipinski definition) is 5. The van der Waals surface area contributed by atoms with Gasteiger partial charge in [-0.3, -0.25) is 13.9 Å². The molecule has 4 heterocycles. The van der Waals surface area contributed by atoms with Gasteiger partial charge in [0.05, 0.1) is 30.1 Å². The van der Waals surface area contributed by atoms with Crippen LogP contribution in [0.2, 0.25) is 0 Å². The summed E-state index contributed by atoms with van der Waals surface area (Å²) in [5.41, 5.74) is 6.21. The van der Waals surface area contributed by atoms with Crippen LogP contribution in [-0.2, 0) is 20.3 Å². The molecule has 2 aliphatic rings. The molecule has 4 aromatic rings. The Morgan fingerprint density at radius 2 is 1.83 bits per heavy atom. The number of nitrogens with two attached hydrogens (primary N) is 1. The average Bonchev–Trinajstić information content (AvgIpc) is 3.75. The number of benzene rings is 1. The van der Waals surface area contributed by atoms with Gasteiger partial charge in [-0.1, -0.05) is 13.0 Å². The highest BCUT2D eigenvalue weighted by molar-refractivity contribution is 7.72. The number of carbonyl (C=O) groups excluding carboxylic acids is 1. The predicted molar refractivity (Wildman–Crippen MR) is 168 cm³/mol. The number of carbonyl (C=O) groups is 1. The summed E-state index contributed by atoms with van der Waals surface area (Å²) >= 11 is 0. The first-order valence-electron chi connectivity index (χ1n) is 14.7. The Kier molecular flexibility index (Phi) is 8.17. The normalized spacial score (nSPS) is 19.5. The summed E-state index contributed by atoms with van der Waals surface area (Å²) in [4.78, 5) is 75.4. The van der Waals surface area contributed by atoms with E-state index in [1.165, 1.54) is 36.2 Å². The van der Waals surface area contributed by atoms with Gasteiger partial charge in [0.2, 0.25) is 5.43 Å². The minimum Gasteiger partial charge on any atom is -0.492 e. The molecule has 1 aliphatic heterocycles. The van der Waals surface area contributed by atoms with Gasteiger partial charge in [0.1, 0.15) is 11.2 Å². The van der Waals surface area contributed by atoms with Gasteiger partial charge in [-0.25, -0.2) is 9.78 Å². The highest BCUT2D eigenvalue weighted by atomic mass is 31.2. The first kappa shape index (κ1) is 32.4. The molecule has 0 radical (unpaired) electrons. The van der Waals surface area contributed by atoms with E-state index >= 15 is 0 Å².